The Morgan fingerprint density at radius 2 is 1.96 bits per heavy atom. The van der Waals surface area contributed by atoms with Crippen LogP contribution >= 0.6 is 0 Å². The molecule has 1 aliphatic rings. The van der Waals surface area contributed by atoms with Gasteiger partial charge in [-0.25, -0.2) is 13.1 Å². The molecule has 1 atom stereocenters. The Kier molecular flexibility index (Phi) is 4.51. The van der Waals surface area contributed by atoms with Gasteiger partial charge in [-0.15, -0.1) is 0 Å². The van der Waals surface area contributed by atoms with Crippen molar-refractivity contribution in [3.05, 3.63) is 53.1 Å². The van der Waals surface area contributed by atoms with Gasteiger partial charge in [0.25, 0.3) is 0 Å². The van der Waals surface area contributed by atoms with Crippen molar-refractivity contribution in [3.8, 4) is 11.5 Å². The topological polar surface area (TPSA) is 64.6 Å². The lowest BCUT2D eigenvalue weighted by Gasteiger charge is -2.27. The van der Waals surface area contributed by atoms with Crippen molar-refractivity contribution in [2.45, 2.75) is 31.2 Å². The molecule has 0 fully saturated rings. The van der Waals surface area contributed by atoms with Gasteiger partial charge in [-0.1, -0.05) is 18.2 Å². The molecule has 0 saturated carbocycles. The van der Waals surface area contributed by atoms with Crippen LogP contribution in [0.4, 0.5) is 0 Å². The summed E-state index contributed by atoms with van der Waals surface area (Å²) in [5.74, 6) is 1.37. The van der Waals surface area contributed by atoms with Gasteiger partial charge in [-0.2, -0.15) is 0 Å². The molecule has 0 radical (unpaired) electrons. The first kappa shape index (κ1) is 16.8. The van der Waals surface area contributed by atoms with Crippen LogP contribution in [0.1, 0.15) is 16.7 Å². The molecule has 1 aliphatic heterocycles. The molecule has 0 aliphatic carbocycles. The minimum atomic E-state index is -3.58. The van der Waals surface area contributed by atoms with Crippen molar-refractivity contribution in [2.75, 3.05) is 13.7 Å². The van der Waals surface area contributed by atoms with E-state index in [0.29, 0.717) is 17.9 Å². The molecule has 0 bridgehead atoms. The Labute approximate surface area is 142 Å². The average Bonchev–Trinajstić information content (AvgIpc) is 2.56. The summed E-state index contributed by atoms with van der Waals surface area (Å²) in [5.41, 5.74) is 2.96. The maximum atomic E-state index is 12.6. The SMILES string of the molecule is COc1cccc2c1OCC(NS(=O)(=O)c1ccc(C)c(C)c1)C2. The van der Waals surface area contributed by atoms with E-state index in [9.17, 15) is 8.42 Å². The van der Waals surface area contributed by atoms with E-state index in [1.807, 2.05) is 38.1 Å². The zero-order valence-electron chi connectivity index (χ0n) is 14.0. The Hall–Kier alpha value is -2.05. The predicted octanol–water partition coefficient (Wildman–Crippen LogP) is 2.59. The second-order valence-electron chi connectivity index (χ2n) is 6.03. The van der Waals surface area contributed by atoms with Crippen LogP contribution < -0.4 is 14.2 Å². The molecule has 0 saturated heterocycles. The first-order valence-corrected chi connectivity index (χ1v) is 9.27. The summed E-state index contributed by atoms with van der Waals surface area (Å²) in [5, 5.41) is 0. The van der Waals surface area contributed by atoms with Gasteiger partial charge in [0.1, 0.15) is 6.61 Å². The fourth-order valence-electron chi connectivity index (χ4n) is 2.80. The number of nitrogens with one attached hydrogen (secondary N) is 1. The Balaban J connectivity index is 1.80. The van der Waals surface area contributed by atoms with Gasteiger partial charge in [0.2, 0.25) is 10.0 Å². The summed E-state index contributed by atoms with van der Waals surface area (Å²) in [6, 6.07) is 10.5. The largest absolute Gasteiger partial charge is 0.493 e. The highest BCUT2D eigenvalue weighted by Gasteiger charge is 2.27. The molecule has 1 unspecified atom stereocenters. The van der Waals surface area contributed by atoms with Crippen molar-refractivity contribution in [1.29, 1.82) is 0 Å². The van der Waals surface area contributed by atoms with Gasteiger partial charge in [-0.05, 0) is 55.2 Å². The highest BCUT2D eigenvalue weighted by molar-refractivity contribution is 7.89. The molecular weight excluding hydrogens is 326 g/mol. The molecule has 2 aromatic rings. The monoisotopic (exact) mass is 347 g/mol. The summed E-state index contributed by atoms with van der Waals surface area (Å²) >= 11 is 0. The molecule has 1 N–H and O–H groups in total. The van der Waals surface area contributed by atoms with Gasteiger partial charge < -0.3 is 9.47 Å². The molecule has 2 aromatic carbocycles. The lowest BCUT2D eigenvalue weighted by Crippen LogP contribution is -2.42. The average molecular weight is 347 g/mol. The van der Waals surface area contributed by atoms with Gasteiger partial charge in [0.15, 0.2) is 11.5 Å². The van der Waals surface area contributed by atoms with E-state index in [0.717, 1.165) is 16.7 Å². The van der Waals surface area contributed by atoms with Gasteiger partial charge >= 0.3 is 0 Å². The summed E-state index contributed by atoms with van der Waals surface area (Å²) in [6.45, 7) is 4.14. The maximum Gasteiger partial charge on any atom is 0.240 e. The van der Waals surface area contributed by atoms with Gasteiger partial charge in [-0.3, -0.25) is 0 Å². The van der Waals surface area contributed by atoms with E-state index in [4.69, 9.17) is 9.47 Å². The highest BCUT2D eigenvalue weighted by Crippen LogP contribution is 2.34. The van der Waals surface area contributed by atoms with E-state index < -0.39 is 10.0 Å². The minimum absolute atomic E-state index is 0.275. The van der Waals surface area contributed by atoms with Crippen molar-refractivity contribution in [3.63, 3.8) is 0 Å². The highest BCUT2D eigenvalue weighted by atomic mass is 32.2. The molecular formula is C18H21NO4S. The number of para-hydroxylation sites is 1. The third-order valence-electron chi connectivity index (χ3n) is 4.29. The number of aryl methyl sites for hydroxylation is 2. The fraction of sp³-hybridized carbons (Fsp3) is 0.333. The van der Waals surface area contributed by atoms with Crippen LogP contribution in [0.5, 0.6) is 11.5 Å². The van der Waals surface area contributed by atoms with Crippen LogP contribution in [-0.2, 0) is 16.4 Å². The van der Waals surface area contributed by atoms with Crippen molar-refractivity contribution < 1.29 is 17.9 Å². The first-order chi connectivity index (χ1) is 11.4. The maximum absolute atomic E-state index is 12.6. The molecule has 1 heterocycles. The zero-order chi connectivity index (χ0) is 17.3. The van der Waals surface area contributed by atoms with E-state index >= 15 is 0 Å². The number of fused-ring (bicyclic) bond motifs is 1. The zero-order valence-corrected chi connectivity index (χ0v) is 14.8. The normalized spacial score (nSPS) is 17.0. The molecule has 0 spiro atoms. The summed E-state index contributed by atoms with van der Waals surface area (Å²) in [6.07, 6.45) is 0.566. The first-order valence-electron chi connectivity index (χ1n) is 7.79. The van der Waals surface area contributed by atoms with Crippen LogP contribution in [0.25, 0.3) is 0 Å². The minimum Gasteiger partial charge on any atom is -0.493 e. The van der Waals surface area contributed by atoms with Crippen molar-refractivity contribution in [2.24, 2.45) is 0 Å². The van der Waals surface area contributed by atoms with Crippen LogP contribution in [0.2, 0.25) is 0 Å². The molecule has 6 heteroatoms. The third kappa shape index (κ3) is 3.25. The lowest BCUT2D eigenvalue weighted by atomic mass is 10.0. The molecule has 0 amide bonds. The van der Waals surface area contributed by atoms with E-state index in [1.54, 1.807) is 19.2 Å². The number of benzene rings is 2. The van der Waals surface area contributed by atoms with Crippen LogP contribution in [0, 0.1) is 13.8 Å². The predicted molar refractivity (Wildman–Crippen MR) is 92.2 cm³/mol. The number of methoxy groups -OCH3 is 1. The molecule has 5 nitrogen and oxygen atoms in total. The number of ether oxygens (including phenoxy) is 2. The van der Waals surface area contributed by atoms with E-state index in [2.05, 4.69) is 4.72 Å². The van der Waals surface area contributed by atoms with Crippen molar-refractivity contribution in [1.82, 2.24) is 4.72 Å². The van der Waals surface area contributed by atoms with E-state index in [1.165, 1.54) is 0 Å². The standard InChI is InChI=1S/C18H21NO4S/c1-12-7-8-16(9-13(12)2)24(20,21)19-15-10-14-5-4-6-17(22-3)18(14)23-11-15/h4-9,15,19H,10-11H2,1-3H3. The molecule has 0 aromatic heterocycles. The van der Waals surface area contributed by atoms with Gasteiger partial charge in [0, 0.05) is 0 Å². The summed E-state index contributed by atoms with van der Waals surface area (Å²) in [7, 11) is -1.99. The summed E-state index contributed by atoms with van der Waals surface area (Å²) in [4.78, 5) is 0.280. The molecule has 3 rings (SSSR count). The Morgan fingerprint density at radius 3 is 2.67 bits per heavy atom. The van der Waals surface area contributed by atoms with Crippen LogP contribution in [0.3, 0.4) is 0 Å². The number of hydrogen-bond acceptors (Lipinski definition) is 4. The molecule has 128 valence electrons. The second kappa shape index (κ2) is 6.45. The van der Waals surface area contributed by atoms with Crippen molar-refractivity contribution >= 4 is 10.0 Å². The Morgan fingerprint density at radius 1 is 1.17 bits per heavy atom. The second-order valence-corrected chi connectivity index (χ2v) is 7.74. The van der Waals surface area contributed by atoms with Crippen LogP contribution in [0.15, 0.2) is 41.3 Å². The quantitative estimate of drug-likeness (QED) is 0.923. The van der Waals surface area contributed by atoms with Crippen LogP contribution in [-0.4, -0.2) is 28.2 Å². The fourth-order valence-corrected chi connectivity index (χ4v) is 4.10. The Bertz CT molecular complexity index is 861. The van der Waals surface area contributed by atoms with Gasteiger partial charge in [0.05, 0.1) is 18.0 Å². The number of sulfonamides is 1. The third-order valence-corrected chi connectivity index (χ3v) is 5.80. The smallest absolute Gasteiger partial charge is 0.240 e. The van der Waals surface area contributed by atoms with E-state index in [-0.39, 0.29) is 17.5 Å². The number of hydrogen-bond donors (Lipinski definition) is 1. The lowest BCUT2D eigenvalue weighted by molar-refractivity contribution is 0.240. The molecule has 24 heavy (non-hydrogen) atoms. The summed E-state index contributed by atoms with van der Waals surface area (Å²) < 4.78 is 39.0. The number of rotatable bonds is 4.